The summed E-state index contributed by atoms with van der Waals surface area (Å²) >= 11 is 0. The Balaban J connectivity index is 1.90. The zero-order valence-corrected chi connectivity index (χ0v) is 16.1. The second-order valence-corrected chi connectivity index (χ2v) is 6.54. The van der Waals surface area contributed by atoms with Crippen molar-refractivity contribution in [3.8, 4) is 11.5 Å². The van der Waals surface area contributed by atoms with E-state index in [9.17, 15) is 4.79 Å². The molecule has 0 fully saturated rings. The number of hydrogen-bond donors (Lipinski definition) is 1. The number of carbonyl (C=O) groups is 1. The molecule has 5 nitrogen and oxygen atoms in total. The fraction of sp³-hybridized carbons (Fsp3) is 0.318. The smallest absolute Gasteiger partial charge is 0.270 e. The molecule has 0 unspecified atom stereocenters. The number of unbranched alkanes of at least 4 members (excludes halogenated alkanes) is 1. The number of nitrogens with zero attached hydrogens (tertiary/aromatic N) is 1. The van der Waals surface area contributed by atoms with Crippen LogP contribution in [-0.4, -0.2) is 36.6 Å². The summed E-state index contributed by atoms with van der Waals surface area (Å²) in [6.07, 6.45) is 2.01. The number of aromatic nitrogens is 1. The molecule has 0 spiro atoms. The van der Waals surface area contributed by atoms with E-state index in [0.717, 1.165) is 35.9 Å². The van der Waals surface area contributed by atoms with Gasteiger partial charge >= 0.3 is 0 Å². The summed E-state index contributed by atoms with van der Waals surface area (Å²) in [5, 5.41) is 0.922. The van der Waals surface area contributed by atoms with Crippen LogP contribution in [0, 0.1) is 0 Å². The van der Waals surface area contributed by atoms with Gasteiger partial charge in [-0.2, -0.15) is 0 Å². The Hall–Kier alpha value is -2.95. The molecule has 27 heavy (non-hydrogen) atoms. The lowest BCUT2D eigenvalue weighted by Crippen LogP contribution is -2.31. The second kappa shape index (κ2) is 8.62. The number of carbonyl (C=O) groups excluding carboxylic acids is 1. The molecule has 1 aromatic heterocycles. The summed E-state index contributed by atoms with van der Waals surface area (Å²) in [4.78, 5) is 18.3. The van der Waals surface area contributed by atoms with Crippen LogP contribution in [-0.2, 0) is 6.54 Å². The minimum atomic E-state index is 0.00133. The largest absolute Gasteiger partial charge is 0.493 e. The Morgan fingerprint density at radius 1 is 1.04 bits per heavy atom. The standard InChI is InChI=1S/C22H26N2O3/c1-4-5-11-24(15-16-9-7-6-8-10-16)22(25)19-12-17-13-20(26-2)21(27-3)14-18(17)23-19/h6-10,12-14,23H,4-5,11,15H2,1-3H3. The molecular weight excluding hydrogens is 340 g/mol. The first-order valence-corrected chi connectivity index (χ1v) is 9.24. The molecule has 0 saturated heterocycles. The molecule has 142 valence electrons. The van der Waals surface area contributed by atoms with Crippen LogP contribution in [0.5, 0.6) is 11.5 Å². The molecule has 0 saturated carbocycles. The van der Waals surface area contributed by atoms with Crippen molar-refractivity contribution in [3.05, 3.63) is 59.8 Å². The third-order valence-corrected chi connectivity index (χ3v) is 4.64. The Morgan fingerprint density at radius 3 is 2.41 bits per heavy atom. The van der Waals surface area contributed by atoms with Crippen molar-refractivity contribution in [2.45, 2.75) is 26.3 Å². The van der Waals surface area contributed by atoms with E-state index >= 15 is 0 Å². The number of benzene rings is 2. The van der Waals surface area contributed by atoms with Crippen LogP contribution in [0.15, 0.2) is 48.5 Å². The number of hydrogen-bond acceptors (Lipinski definition) is 3. The maximum absolute atomic E-state index is 13.2. The summed E-state index contributed by atoms with van der Waals surface area (Å²) in [5.74, 6) is 1.29. The predicted octanol–water partition coefficient (Wildman–Crippen LogP) is 4.63. The van der Waals surface area contributed by atoms with Crippen molar-refractivity contribution in [3.63, 3.8) is 0 Å². The Labute approximate surface area is 159 Å². The zero-order valence-electron chi connectivity index (χ0n) is 16.1. The van der Waals surface area contributed by atoms with Crippen molar-refractivity contribution < 1.29 is 14.3 Å². The van der Waals surface area contributed by atoms with Crippen LogP contribution in [0.1, 0.15) is 35.8 Å². The Kier molecular flexibility index (Phi) is 6.01. The van der Waals surface area contributed by atoms with Gasteiger partial charge in [-0.05, 0) is 24.1 Å². The molecule has 1 heterocycles. The van der Waals surface area contributed by atoms with Crippen LogP contribution < -0.4 is 9.47 Å². The summed E-state index contributed by atoms with van der Waals surface area (Å²) in [6.45, 7) is 3.46. The molecule has 0 aliphatic rings. The number of fused-ring (bicyclic) bond motifs is 1. The summed E-state index contributed by atoms with van der Waals surface area (Å²) in [5.41, 5.74) is 2.56. The molecule has 0 bridgehead atoms. The first-order valence-electron chi connectivity index (χ1n) is 9.24. The van der Waals surface area contributed by atoms with E-state index in [2.05, 4.69) is 11.9 Å². The number of ether oxygens (including phenoxy) is 2. The van der Waals surface area contributed by atoms with Gasteiger partial charge in [-0.3, -0.25) is 4.79 Å². The lowest BCUT2D eigenvalue weighted by Gasteiger charge is -2.22. The number of amides is 1. The van der Waals surface area contributed by atoms with Gasteiger partial charge in [0.05, 0.1) is 14.2 Å². The number of methoxy groups -OCH3 is 2. The predicted molar refractivity (Wildman–Crippen MR) is 107 cm³/mol. The molecule has 1 amide bonds. The highest BCUT2D eigenvalue weighted by Gasteiger charge is 2.19. The highest BCUT2D eigenvalue weighted by molar-refractivity contribution is 5.98. The quantitative estimate of drug-likeness (QED) is 0.632. The molecule has 3 aromatic rings. The van der Waals surface area contributed by atoms with Crippen molar-refractivity contribution >= 4 is 16.8 Å². The van der Waals surface area contributed by atoms with E-state index in [0.29, 0.717) is 23.7 Å². The van der Waals surface area contributed by atoms with Gasteiger partial charge in [0.15, 0.2) is 11.5 Å². The van der Waals surface area contributed by atoms with Crippen molar-refractivity contribution in [2.75, 3.05) is 20.8 Å². The Bertz CT molecular complexity index is 862. The molecular formula is C22H26N2O3. The van der Waals surface area contributed by atoms with Crippen LogP contribution >= 0.6 is 0 Å². The lowest BCUT2D eigenvalue weighted by molar-refractivity contribution is 0.0736. The minimum Gasteiger partial charge on any atom is -0.493 e. The average molecular weight is 366 g/mol. The normalized spacial score (nSPS) is 10.8. The van der Waals surface area contributed by atoms with Gasteiger partial charge in [0, 0.05) is 30.1 Å². The lowest BCUT2D eigenvalue weighted by atomic mass is 10.2. The molecule has 0 radical (unpaired) electrons. The topological polar surface area (TPSA) is 54.6 Å². The molecule has 3 rings (SSSR count). The number of aromatic amines is 1. The molecule has 0 aliphatic heterocycles. The third kappa shape index (κ3) is 4.25. The van der Waals surface area contributed by atoms with E-state index in [1.54, 1.807) is 14.2 Å². The molecule has 5 heteroatoms. The van der Waals surface area contributed by atoms with Gasteiger partial charge < -0.3 is 19.4 Å². The summed E-state index contributed by atoms with van der Waals surface area (Å²) < 4.78 is 10.7. The van der Waals surface area contributed by atoms with Gasteiger partial charge in [0.2, 0.25) is 0 Å². The highest BCUT2D eigenvalue weighted by atomic mass is 16.5. The van der Waals surface area contributed by atoms with Gasteiger partial charge in [-0.15, -0.1) is 0 Å². The second-order valence-electron chi connectivity index (χ2n) is 6.54. The van der Waals surface area contributed by atoms with E-state index < -0.39 is 0 Å². The average Bonchev–Trinajstić information content (AvgIpc) is 3.13. The van der Waals surface area contributed by atoms with E-state index in [1.165, 1.54) is 0 Å². The van der Waals surface area contributed by atoms with Crippen molar-refractivity contribution in [1.29, 1.82) is 0 Å². The van der Waals surface area contributed by atoms with E-state index in [1.807, 2.05) is 53.4 Å². The fourth-order valence-corrected chi connectivity index (χ4v) is 3.15. The van der Waals surface area contributed by atoms with Crippen LogP contribution in [0.2, 0.25) is 0 Å². The molecule has 0 aliphatic carbocycles. The van der Waals surface area contributed by atoms with Crippen molar-refractivity contribution in [1.82, 2.24) is 9.88 Å². The first-order chi connectivity index (χ1) is 13.2. The van der Waals surface area contributed by atoms with Crippen LogP contribution in [0.4, 0.5) is 0 Å². The van der Waals surface area contributed by atoms with Gasteiger partial charge in [-0.25, -0.2) is 0 Å². The zero-order chi connectivity index (χ0) is 19.2. The SMILES string of the molecule is CCCCN(Cc1ccccc1)C(=O)c1cc2cc(OC)c(OC)cc2[nH]1. The third-order valence-electron chi connectivity index (χ3n) is 4.64. The number of nitrogens with one attached hydrogen (secondary N) is 1. The molecule has 2 aromatic carbocycles. The minimum absolute atomic E-state index is 0.00133. The summed E-state index contributed by atoms with van der Waals surface area (Å²) in [6, 6.07) is 15.7. The maximum Gasteiger partial charge on any atom is 0.270 e. The first kappa shape index (κ1) is 18.8. The van der Waals surface area contributed by atoms with Gasteiger partial charge in [0.1, 0.15) is 5.69 Å². The maximum atomic E-state index is 13.2. The van der Waals surface area contributed by atoms with Crippen molar-refractivity contribution in [2.24, 2.45) is 0 Å². The van der Waals surface area contributed by atoms with E-state index in [-0.39, 0.29) is 5.91 Å². The molecule has 1 N–H and O–H groups in total. The van der Waals surface area contributed by atoms with Gasteiger partial charge in [-0.1, -0.05) is 43.7 Å². The van der Waals surface area contributed by atoms with E-state index in [4.69, 9.17) is 9.47 Å². The number of H-pyrrole nitrogens is 1. The van der Waals surface area contributed by atoms with Crippen LogP contribution in [0.25, 0.3) is 10.9 Å². The van der Waals surface area contributed by atoms with Crippen LogP contribution in [0.3, 0.4) is 0 Å². The highest BCUT2D eigenvalue weighted by Crippen LogP contribution is 2.32. The monoisotopic (exact) mass is 366 g/mol. The fourth-order valence-electron chi connectivity index (χ4n) is 3.15. The molecule has 0 atom stereocenters. The Morgan fingerprint density at radius 2 is 1.74 bits per heavy atom. The van der Waals surface area contributed by atoms with Gasteiger partial charge in [0.25, 0.3) is 5.91 Å². The number of rotatable bonds is 8. The summed E-state index contributed by atoms with van der Waals surface area (Å²) in [7, 11) is 3.21.